The lowest BCUT2D eigenvalue weighted by Gasteiger charge is -2.26. The summed E-state index contributed by atoms with van der Waals surface area (Å²) < 4.78 is 2.82. The molecule has 0 spiro atoms. The van der Waals surface area contributed by atoms with Crippen LogP contribution in [0.5, 0.6) is 0 Å². The predicted molar refractivity (Wildman–Crippen MR) is 96.4 cm³/mol. The number of likely N-dealkylation sites (tertiary alicyclic amines) is 1. The summed E-state index contributed by atoms with van der Waals surface area (Å²) in [6, 6.07) is 0. The third-order valence-electron chi connectivity index (χ3n) is 4.82. The molecule has 2 aromatic heterocycles. The molecule has 3 rings (SSSR count). The maximum atomic E-state index is 12.6. The highest BCUT2D eigenvalue weighted by atomic mass is 32.1. The molecule has 1 aliphatic rings. The molecule has 3 heterocycles. The highest BCUT2D eigenvalue weighted by molar-refractivity contribution is 7.20. The average molecular weight is 349 g/mol. The molecule has 24 heavy (non-hydrogen) atoms. The minimum Gasteiger partial charge on any atom is -0.302 e. The van der Waals surface area contributed by atoms with E-state index in [4.69, 9.17) is 0 Å². The molecule has 0 aliphatic carbocycles. The second kappa shape index (κ2) is 6.64. The van der Waals surface area contributed by atoms with Crippen molar-refractivity contribution in [3.8, 4) is 0 Å². The molecule has 0 amide bonds. The highest BCUT2D eigenvalue weighted by Gasteiger charge is 2.21. The third-order valence-corrected chi connectivity index (χ3v) is 6.23. The van der Waals surface area contributed by atoms with Crippen LogP contribution < -0.4 is 11.2 Å². The molecule has 1 fully saturated rings. The fourth-order valence-corrected chi connectivity index (χ4v) is 4.63. The van der Waals surface area contributed by atoms with Crippen molar-refractivity contribution in [2.75, 3.05) is 19.6 Å². The van der Waals surface area contributed by atoms with Crippen LogP contribution in [0.2, 0.25) is 0 Å². The first-order chi connectivity index (χ1) is 11.4. The number of rotatable bonds is 4. The molecule has 6 nitrogen and oxygen atoms in total. The van der Waals surface area contributed by atoms with E-state index in [9.17, 15) is 14.4 Å². The number of carbonyl (C=O) groups is 1. The van der Waals surface area contributed by atoms with Gasteiger partial charge in [-0.2, -0.15) is 0 Å². The Morgan fingerprint density at radius 1 is 1.12 bits per heavy atom. The van der Waals surface area contributed by atoms with Crippen LogP contribution in [0.3, 0.4) is 0 Å². The Balaban J connectivity index is 2.08. The summed E-state index contributed by atoms with van der Waals surface area (Å²) in [4.78, 5) is 40.5. The Kier molecular flexibility index (Phi) is 4.73. The number of aryl methyl sites for hydroxylation is 1. The van der Waals surface area contributed by atoms with E-state index < -0.39 is 0 Å². The monoisotopic (exact) mass is 349 g/mol. The van der Waals surface area contributed by atoms with Gasteiger partial charge in [-0.15, -0.1) is 11.3 Å². The SMILES string of the molecule is CC(=O)c1sc2c(c1C)c(=O)n(C)c(=O)n2CCN1CCCCC1. The van der Waals surface area contributed by atoms with Gasteiger partial charge in [-0.3, -0.25) is 18.7 Å². The van der Waals surface area contributed by atoms with E-state index in [0.717, 1.165) is 24.2 Å². The van der Waals surface area contributed by atoms with Crippen LogP contribution in [0.15, 0.2) is 9.59 Å². The van der Waals surface area contributed by atoms with Crippen molar-refractivity contribution in [3.63, 3.8) is 0 Å². The van der Waals surface area contributed by atoms with Crippen molar-refractivity contribution in [2.45, 2.75) is 39.7 Å². The summed E-state index contributed by atoms with van der Waals surface area (Å²) >= 11 is 1.26. The van der Waals surface area contributed by atoms with E-state index in [1.54, 1.807) is 11.5 Å². The summed E-state index contributed by atoms with van der Waals surface area (Å²) in [6.07, 6.45) is 3.67. The predicted octanol–water partition coefficient (Wildman–Crippen LogP) is 1.76. The number of Topliss-reactive ketones (excluding diaryl/α,β-unsaturated/α-hetero) is 1. The van der Waals surface area contributed by atoms with E-state index in [1.807, 2.05) is 0 Å². The fraction of sp³-hybridized carbons (Fsp3) is 0.588. The van der Waals surface area contributed by atoms with Gasteiger partial charge in [0.25, 0.3) is 5.56 Å². The molecule has 0 bridgehead atoms. The van der Waals surface area contributed by atoms with Gasteiger partial charge in [0.1, 0.15) is 4.83 Å². The van der Waals surface area contributed by atoms with Gasteiger partial charge in [-0.05, 0) is 45.3 Å². The second-order valence-corrected chi connectivity index (χ2v) is 7.49. The largest absolute Gasteiger partial charge is 0.331 e. The maximum Gasteiger partial charge on any atom is 0.331 e. The third kappa shape index (κ3) is 2.86. The molecule has 2 aromatic rings. The van der Waals surface area contributed by atoms with Crippen molar-refractivity contribution >= 4 is 27.3 Å². The average Bonchev–Trinajstić information content (AvgIpc) is 2.91. The Morgan fingerprint density at radius 3 is 2.42 bits per heavy atom. The zero-order valence-corrected chi connectivity index (χ0v) is 15.2. The quantitative estimate of drug-likeness (QED) is 0.789. The van der Waals surface area contributed by atoms with E-state index in [2.05, 4.69) is 4.90 Å². The smallest absolute Gasteiger partial charge is 0.302 e. The summed E-state index contributed by atoms with van der Waals surface area (Å²) in [7, 11) is 1.51. The van der Waals surface area contributed by atoms with Crippen LogP contribution >= 0.6 is 11.3 Å². The van der Waals surface area contributed by atoms with Gasteiger partial charge in [0.05, 0.1) is 10.3 Å². The van der Waals surface area contributed by atoms with Crippen molar-refractivity contribution in [2.24, 2.45) is 7.05 Å². The molecule has 1 aliphatic heterocycles. The summed E-state index contributed by atoms with van der Waals surface area (Å²) in [5.74, 6) is -0.0641. The first-order valence-corrected chi connectivity index (χ1v) is 9.19. The summed E-state index contributed by atoms with van der Waals surface area (Å²) in [6.45, 7) is 6.74. The molecule has 0 saturated carbocycles. The minimum atomic E-state index is -0.314. The van der Waals surface area contributed by atoms with Gasteiger partial charge >= 0.3 is 5.69 Å². The van der Waals surface area contributed by atoms with Gasteiger partial charge in [0.15, 0.2) is 5.78 Å². The molecule has 0 unspecified atom stereocenters. The van der Waals surface area contributed by atoms with Crippen LogP contribution in [0.4, 0.5) is 0 Å². The van der Waals surface area contributed by atoms with Crippen LogP contribution in [0.25, 0.3) is 10.2 Å². The van der Waals surface area contributed by atoms with Crippen molar-refractivity contribution in [1.82, 2.24) is 14.0 Å². The second-order valence-electron chi connectivity index (χ2n) is 6.49. The summed E-state index contributed by atoms with van der Waals surface area (Å²) in [5.41, 5.74) is 0.0705. The van der Waals surface area contributed by atoms with Gasteiger partial charge in [0, 0.05) is 20.1 Å². The lowest BCUT2D eigenvalue weighted by molar-refractivity contribution is 0.102. The molecular weight excluding hydrogens is 326 g/mol. The van der Waals surface area contributed by atoms with E-state index in [-0.39, 0.29) is 17.0 Å². The first-order valence-electron chi connectivity index (χ1n) is 8.38. The number of hydrogen-bond donors (Lipinski definition) is 0. The fourth-order valence-electron chi connectivity index (χ4n) is 3.42. The Bertz CT molecular complexity index is 900. The molecule has 0 radical (unpaired) electrons. The normalized spacial score (nSPS) is 16.0. The Labute approximate surface area is 144 Å². The van der Waals surface area contributed by atoms with Crippen LogP contribution in [0, 0.1) is 6.92 Å². The zero-order chi connectivity index (χ0) is 17.4. The van der Waals surface area contributed by atoms with Crippen molar-refractivity contribution in [3.05, 3.63) is 31.3 Å². The number of hydrogen-bond acceptors (Lipinski definition) is 5. The van der Waals surface area contributed by atoms with Gasteiger partial charge < -0.3 is 4.90 Å². The van der Waals surface area contributed by atoms with Gasteiger partial charge in [0.2, 0.25) is 0 Å². The highest BCUT2D eigenvalue weighted by Crippen LogP contribution is 2.28. The summed E-state index contributed by atoms with van der Waals surface area (Å²) in [5, 5.41) is 0.506. The van der Waals surface area contributed by atoms with E-state index in [1.165, 1.54) is 44.6 Å². The van der Waals surface area contributed by atoms with E-state index in [0.29, 0.717) is 27.2 Å². The standard InChI is InChI=1S/C17H23N3O3S/c1-11-13-15(22)18(3)17(23)20(16(13)24-14(11)12(2)21)10-9-19-7-5-4-6-8-19/h4-10H2,1-3H3. The molecule has 0 N–H and O–H groups in total. The molecular formula is C17H23N3O3S. The Hall–Kier alpha value is -1.73. The van der Waals surface area contributed by atoms with Crippen LogP contribution in [-0.4, -0.2) is 39.5 Å². The number of piperidine rings is 1. The first kappa shape index (κ1) is 17.1. The number of carbonyl (C=O) groups excluding carboxylic acids is 1. The molecule has 130 valence electrons. The number of fused-ring (bicyclic) bond motifs is 1. The molecule has 7 heteroatoms. The van der Waals surface area contributed by atoms with Crippen LogP contribution in [-0.2, 0) is 13.6 Å². The van der Waals surface area contributed by atoms with Gasteiger partial charge in [-0.1, -0.05) is 6.42 Å². The Morgan fingerprint density at radius 2 is 1.79 bits per heavy atom. The zero-order valence-electron chi connectivity index (χ0n) is 14.4. The molecule has 0 atom stereocenters. The van der Waals surface area contributed by atoms with Crippen molar-refractivity contribution in [1.29, 1.82) is 0 Å². The number of aromatic nitrogens is 2. The number of thiophene rings is 1. The van der Waals surface area contributed by atoms with Crippen LogP contribution in [0.1, 0.15) is 41.4 Å². The van der Waals surface area contributed by atoms with Crippen molar-refractivity contribution < 1.29 is 4.79 Å². The molecule has 1 saturated heterocycles. The minimum absolute atomic E-state index is 0.0641. The topological polar surface area (TPSA) is 64.3 Å². The van der Waals surface area contributed by atoms with Gasteiger partial charge in [-0.25, -0.2) is 4.79 Å². The van der Waals surface area contributed by atoms with E-state index >= 15 is 0 Å². The number of ketones is 1. The maximum absolute atomic E-state index is 12.6. The number of nitrogens with zero attached hydrogens (tertiary/aromatic N) is 3. The molecule has 0 aromatic carbocycles. The lowest BCUT2D eigenvalue weighted by atomic mass is 10.1. The lowest BCUT2D eigenvalue weighted by Crippen LogP contribution is -2.40.